The van der Waals surface area contributed by atoms with E-state index in [1.165, 1.54) is 14.0 Å². The van der Waals surface area contributed by atoms with Crippen molar-refractivity contribution < 1.29 is 58.4 Å². The molecule has 4 aliphatic rings. The fourth-order valence-electron chi connectivity index (χ4n) is 10.1. The lowest BCUT2D eigenvalue weighted by atomic mass is 9.76. The van der Waals surface area contributed by atoms with E-state index < -0.39 is 102 Å². The Bertz CT molecular complexity index is 1500. The molecule has 19 atom stereocenters. The van der Waals surface area contributed by atoms with Gasteiger partial charge in [0, 0.05) is 43.0 Å². The molecule has 0 radical (unpaired) electrons. The van der Waals surface area contributed by atoms with Crippen molar-refractivity contribution >= 4 is 17.6 Å². The van der Waals surface area contributed by atoms with E-state index in [-0.39, 0.29) is 30.9 Å². The molecule has 13 nitrogen and oxygen atoms in total. The number of carbonyl (C=O) groups excluding carboxylic acids is 1. The molecule has 1 aromatic carbocycles. The molecule has 4 aliphatic heterocycles. The first kappa shape index (κ1) is 46.6. The van der Waals surface area contributed by atoms with Crippen LogP contribution in [0.1, 0.15) is 100 Å². The standard InChI is InChI=1S/C43H70ClNO12/c1-13-31(46)43(10,50)38-24(4)34-22(2)19-42(9,57-34)37(56-40-33(47)30(18-23(3)52-40)45(11)21-28-16-14-15-17-29(28)44)25(5)35(26(6)39(49)55-38)54-32-20-41(8,51-12)36(48)27(7)53-32/h14-17,22-27,30-38,40,46-48,50H,13,18-21H2,1-12H3/t22?,23?,24-,25-,26+,27?,30?,31+,32-,33?,34?,35-,36-,37+,38+,40-,41?,42?,43+/m0/s1. The average molecular weight is 828 g/mol. The predicted octanol–water partition coefficient (Wildman–Crippen LogP) is 4.85. The van der Waals surface area contributed by atoms with E-state index in [0.717, 1.165) is 5.56 Å². The van der Waals surface area contributed by atoms with Crippen LogP contribution in [-0.2, 0) is 44.5 Å². The maximum absolute atomic E-state index is 14.4. The van der Waals surface area contributed by atoms with Gasteiger partial charge in [-0.3, -0.25) is 9.69 Å². The average Bonchev–Trinajstić information content (AvgIpc) is 3.48. The second-order valence-electron chi connectivity index (χ2n) is 18.3. The van der Waals surface area contributed by atoms with Gasteiger partial charge in [0.15, 0.2) is 12.6 Å². The summed E-state index contributed by atoms with van der Waals surface area (Å²) in [5.41, 5.74) is -2.88. The molecule has 8 unspecified atom stereocenters. The first-order chi connectivity index (χ1) is 26.6. The van der Waals surface area contributed by atoms with E-state index in [0.29, 0.717) is 24.4 Å². The molecule has 0 spiro atoms. The highest BCUT2D eigenvalue weighted by molar-refractivity contribution is 6.31. The second kappa shape index (κ2) is 18.3. The van der Waals surface area contributed by atoms with Crippen LogP contribution in [0.3, 0.4) is 0 Å². The fraction of sp³-hybridized carbons (Fsp3) is 0.837. The van der Waals surface area contributed by atoms with E-state index in [1.54, 1.807) is 27.7 Å². The number of cyclic esters (lactones) is 1. The van der Waals surface area contributed by atoms with Crippen molar-refractivity contribution in [3.05, 3.63) is 34.9 Å². The smallest absolute Gasteiger partial charge is 0.311 e. The second-order valence-corrected chi connectivity index (χ2v) is 18.7. The molecule has 5 rings (SSSR count). The van der Waals surface area contributed by atoms with Gasteiger partial charge in [-0.15, -0.1) is 0 Å². The predicted molar refractivity (Wildman–Crippen MR) is 213 cm³/mol. The molecule has 326 valence electrons. The number of aliphatic hydroxyl groups excluding tert-OH is 3. The number of methoxy groups -OCH3 is 1. The van der Waals surface area contributed by atoms with Gasteiger partial charge >= 0.3 is 5.97 Å². The van der Waals surface area contributed by atoms with Gasteiger partial charge in [0.1, 0.15) is 23.9 Å². The van der Waals surface area contributed by atoms with Crippen molar-refractivity contribution in [1.82, 2.24) is 4.90 Å². The van der Waals surface area contributed by atoms with Crippen LogP contribution >= 0.6 is 11.6 Å². The molecule has 57 heavy (non-hydrogen) atoms. The molecule has 14 heteroatoms. The molecular formula is C43H70ClNO12. The largest absolute Gasteiger partial charge is 0.459 e. The van der Waals surface area contributed by atoms with E-state index in [9.17, 15) is 25.2 Å². The Balaban J connectivity index is 1.56. The first-order valence-electron chi connectivity index (χ1n) is 20.8. The van der Waals surface area contributed by atoms with Crippen LogP contribution < -0.4 is 0 Å². The highest BCUT2D eigenvalue weighted by Gasteiger charge is 2.59. The molecule has 4 fully saturated rings. The topological polar surface area (TPSA) is 166 Å². The Morgan fingerprint density at radius 2 is 1.70 bits per heavy atom. The molecule has 4 heterocycles. The zero-order chi connectivity index (χ0) is 42.4. The number of fused-ring (bicyclic) bond motifs is 2. The van der Waals surface area contributed by atoms with Crippen molar-refractivity contribution in [2.75, 3.05) is 14.2 Å². The molecule has 0 aromatic heterocycles. The van der Waals surface area contributed by atoms with Crippen molar-refractivity contribution in [3.8, 4) is 0 Å². The molecule has 2 bridgehead atoms. The summed E-state index contributed by atoms with van der Waals surface area (Å²) in [6, 6.07) is 7.29. The molecule has 0 aliphatic carbocycles. The number of esters is 1. The number of likely N-dealkylation sites (N-methyl/N-ethyl adjacent to an activating group) is 1. The number of ether oxygens (including phenoxy) is 7. The van der Waals surface area contributed by atoms with Gasteiger partial charge in [-0.2, -0.15) is 0 Å². The maximum Gasteiger partial charge on any atom is 0.311 e. The Kier molecular flexibility index (Phi) is 14.9. The summed E-state index contributed by atoms with van der Waals surface area (Å²) in [5, 5.41) is 46.7. The van der Waals surface area contributed by atoms with Crippen LogP contribution in [0.2, 0.25) is 5.02 Å². The van der Waals surface area contributed by atoms with Crippen LogP contribution in [0.15, 0.2) is 24.3 Å². The third-order valence-corrected chi connectivity index (χ3v) is 14.0. The highest BCUT2D eigenvalue weighted by Crippen LogP contribution is 2.48. The number of halogens is 1. The van der Waals surface area contributed by atoms with E-state index in [2.05, 4.69) is 11.8 Å². The minimum absolute atomic E-state index is 0.0904. The lowest BCUT2D eigenvalue weighted by Crippen LogP contribution is -2.60. The van der Waals surface area contributed by atoms with Gasteiger partial charge in [0.05, 0.1) is 53.7 Å². The highest BCUT2D eigenvalue weighted by atomic mass is 35.5. The molecule has 4 saturated heterocycles. The first-order valence-corrected chi connectivity index (χ1v) is 21.2. The number of hydrogen-bond donors (Lipinski definition) is 4. The van der Waals surface area contributed by atoms with Gasteiger partial charge < -0.3 is 53.6 Å². The van der Waals surface area contributed by atoms with Crippen molar-refractivity contribution in [2.24, 2.45) is 23.7 Å². The van der Waals surface area contributed by atoms with Gasteiger partial charge in [-0.05, 0) is 85.4 Å². The normalized spacial score (nSPS) is 44.9. The zero-order valence-corrected chi connectivity index (χ0v) is 36.7. The van der Waals surface area contributed by atoms with Gasteiger partial charge in [-0.25, -0.2) is 0 Å². The summed E-state index contributed by atoms with van der Waals surface area (Å²) in [5.74, 6) is -2.83. The number of carbonyl (C=O) groups is 1. The van der Waals surface area contributed by atoms with Crippen molar-refractivity contribution in [1.29, 1.82) is 0 Å². The lowest BCUT2D eigenvalue weighted by molar-refractivity contribution is -0.318. The van der Waals surface area contributed by atoms with E-state index in [1.807, 2.05) is 59.0 Å². The summed E-state index contributed by atoms with van der Waals surface area (Å²) in [6.07, 6.45) is -8.00. The van der Waals surface area contributed by atoms with Crippen LogP contribution in [0.4, 0.5) is 0 Å². The summed E-state index contributed by atoms with van der Waals surface area (Å²) in [4.78, 5) is 16.5. The van der Waals surface area contributed by atoms with Crippen molar-refractivity contribution in [2.45, 2.75) is 192 Å². The summed E-state index contributed by atoms with van der Waals surface area (Å²) in [6.45, 7) is 18.8. The zero-order valence-electron chi connectivity index (χ0n) is 36.0. The number of aliphatic hydroxyl groups is 4. The van der Waals surface area contributed by atoms with Crippen molar-refractivity contribution in [3.63, 3.8) is 0 Å². The molecule has 0 amide bonds. The Labute approximate surface area is 344 Å². The van der Waals surface area contributed by atoms with E-state index in [4.69, 9.17) is 44.8 Å². The Morgan fingerprint density at radius 1 is 1.04 bits per heavy atom. The number of rotatable bonds is 11. The number of nitrogens with zero attached hydrogens (tertiary/aromatic N) is 1. The molecule has 0 saturated carbocycles. The molecular weight excluding hydrogens is 758 g/mol. The van der Waals surface area contributed by atoms with Gasteiger partial charge in [0.2, 0.25) is 0 Å². The maximum atomic E-state index is 14.4. The third kappa shape index (κ3) is 9.55. The van der Waals surface area contributed by atoms with Crippen LogP contribution in [-0.4, -0.2) is 136 Å². The molecule has 4 N–H and O–H groups in total. The minimum atomic E-state index is -1.81. The van der Waals surface area contributed by atoms with Crippen LogP contribution in [0.5, 0.6) is 0 Å². The Morgan fingerprint density at radius 3 is 2.33 bits per heavy atom. The summed E-state index contributed by atoms with van der Waals surface area (Å²) in [7, 11) is 3.48. The lowest BCUT2D eigenvalue weighted by Gasteiger charge is -2.48. The van der Waals surface area contributed by atoms with Crippen LogP contribution in [0, 0.1) is 23.7 Å². The number of hydrogen-bond acceptors (Lipinski definition) is 13. The fourth-order valence-corrected chi connectivity index (χ4v) is 10.3. The van der Waals surface area contributed by atoms with E-state index >= 15 is 0 Å². The minimum Gasteiger partial charge on any atom is -0.459 e. The van der Waals surface area contributed by atoms with Gasteiger partial charge in [0.25, 0.3) is 0 Å². The summed E-state index contributed by atoms with van der Waals surface area (Å²) < 4.78 is 45.6. The monoisotopic (exact) mass is 827 g/mol. The van der Waals surface area contributed by atoms with Gasteiger partial charge in [-0.1, -0.05) is 57.5 Å². The Hall–Kier alpha value is -1.46. The summed E-state index contributed by atoms with van der Waals surface area (Å²) >= 11 is 6.53. The molecule has 1 aromatic rings. The SMILES string of the molecule is CC[C@@H](O)[C@@](C)(O)[C@@H]1OC(=O)[C@H](C)[C@@H](O[C@H]2CC(C)(OC)[C@@H](O)C(C)O2)[C@H](C)[C@@H](O[C@@H]2OC(C)CC(N(C)Cc3ccccc3Cl)C2O)C2(C)CC(C)C(O2)[C@@H]1C. The third-order valence-electron chi connectivity index (χ3n) is 13.7. The van der Waals surface area contributed by atoms with Crippen LogP contribution in [0.25, 0.3) is 0 Å². The quantitative estimate of drug-likeness (QED) is 0.224. The number of benzene rings is 1.